The van der Waals surface area contributed by atoms with Crippen LogP contribution in [0, 0.1) is 11.8 Å². The smallest absolute Gasteiger partial charge is 0.407 e. The van der Waals surface area contributed by atoms with Crippen molar-refractivity contribution >= 4 is 22.9 Å². The summed E-state index contributed by atoms with van der Waals surface area (Å²) in [6, 6.07) is 19.7. The van der Waals surface area contributed by atoms with Gasteiger partial charge in [-0.2, -0.15) is 0 Å². The molecule has 0 atom stereocenters. The van der Waals surface area contributed by atoms with Gasteiger partial charge < -0.3 is 15.0 Å². The Labute approximate surface area is 214 Å². The van der Waals surface area contributed by atoms with Gasteiger partial charge in [0.15, 0.2) is 0 Å². The summed E-state index contributed by atoms with van der Waals surface area (Å²) in [6.07, 6.45) is 3.71. The molecule has 0 unspecified atom stereocenters. The minimum absolute atomic E-state index is 0.0232. The maximum absolute atomic E-state index is 13.6. The Balaban J connectivity index is 1.38. The molecule has 6 heteroatoms. The lowest BCUT2D eigenvalue weighted by Gasteiger charge is -2.31. The van der Waals surface area contributed by atoms with Crippen LogP contribution in [-0.2, 0) is 4.74 Å². The molecule has 0 radical (unpaired) electrons. The first-order valence-corrected chi connectivity index (χ1v) is 12.9. The fourth-order valence-corrected chi connectivity index (χ4v) is 4.90. The summed E-state index contributed by atoms with van der Waals surface area (Å²) < 4.78 is 5.44. The van der Waals surface area contributed by atoms with E-state index in [-0.39, 0.29) is 17.5 Å². The van der Waals surface area contributed by atoms with Crippen molar-refractivity contribution in [3.05, 3.63) is 66.2 Å². The molecule has 3 aromatic rings. The molecule has 1 aliphatic rings. The first-order chi connectivity index (χ1) is 17.2. The quantitative estimate of drug-likeness (QED) is 0.443. The van der Waals surface area contributed by atoms with Crippen LogP contribution in [0.25, 0.3) is 22.2 Å². The largest absolute Gasteiger partial charge is 0.449 e. The average molecular weight is 488 g/mol. The maximum Gasteiger partial charge on any atom is 0.407 e. The van der Waals surface area contributed by atoms with Gasteiger partial charge >= 0.3 is 6.09 Å². The van der Waals surface area contributed by atoms with Crippen LogP contribution in [-0.4, -0.2) is 47.6 Å². The number of nitrogens with one attached hydrogen (secondary N) is 1. The number of fused-ring (bicyclic) bond motifs is 1. The van der Waals surface area contributed by atoms with Crippen LogP contribution in [0.2, 0.25) is 0 Å². The highest BCUT2D eigenvalue weighted by Crippen LogP contribution is 2.31. The highest BCUT2D eigenvalue weighted by Gasteiger charge is 2.26. The molecule has 1 heterocycles. The predicted molar refractivity (Wildman–Crippen MR) is 144 cm³/mol. The van der Waals surface area contributed by atoms with Gasteiger partial charge in [-0.15, -0.1) is 0 Å². The van der Waals surface area contributed by atoms with Gasteiger partial charge in [-0.05, 0) is 70.4 Å². The highest BCUT2D eigenvalue weighted by molar-refractivity contribution is 6.07. The lowest BCUT2D eigenvalue weighted by atomic mass is 9.82. The van der Waals surface area contributed by atoms with Crippen LogP contribution in [0.5, 0.6) is 0 Å². The van der Waals surface area contributed by atoms with E-state index in [2.05, 4.69) is 5.32 Å². The van der Waals surface area contributed by atoms with E-state index < -0.39 is 0 Å². The van der Waals surface area contributed by atoms with Gasteiger partial charge in [0, 0.05) is 30.1 Å². The third-order valence-electron chi connectivity index (χ3n) is 6.79. The molecule has 0 spiro atoms. The Kier molecular flexibility index (Phi) is 7.92. The number of benzene rings is 2. The number of carbonyl (C=O) groups is 2. The van der Waals surface area contributed by atoms with Gasteiger partial charge in [0.25, 0.3) is 5.91 Å². The molecule has 1 fully saturated rings. The summed E-state index contributed by atoms with van der Waals surface area (Å²) in [6.45, 7) is 6.99. The van der Waals surface area contributed by atoms with E-state index in [9.17, 15) is 9.59 Å². The van der Waals surface area contributed by atoms with Crippen molar-refractivity contribution in [3.8, 4) is 11.3 Å². The second-order valence-corrected chi connectivity index (χ2v) is 11.0. The highest BCUT2D eigenvalue weighted by atomic mass is 16.5. The number of rotatable bonds is 6. The average Bonchev–Trinajstić information content (AvgIpc) is 2.86. The van der Waals surface area contributed by atoms with Crippen molar-refractivity contribution in [3.63, 3.8) is 0 Å². The lowest BCUT2D eigenvalue weighted by molar-refractivity contribution is 0.0727. The van der Waals surface area contributed by atoms with E-state index in [0.717, 1.165) is 47.8 Å². The number of aromatic nitrogens is 1. The van der Waals surface area contributed by atoms with Gasteiger partial charge in [0.1, 0.15) is 0 Å². The van der Waals surface area contributed by atoms with E-state index >= 15 is 0 Å². The Morgan fingerprint density at radius 2 is 1.61 bits per heavy atom. The summed E-state index contributed by atoms with van der Waals surface area (Å²) in [5.74, 6) is 0.848. The normalized spacial score (nSPS) is 18.0. The van der Waals surface area contributed by atoms with Crippen molar-refractivity contribution in [2.45, 2.75) is 52.0 Å². The van der Waals surface area contributed by atoms with Gasteiger partial charge in [-0.1, -0.05) is 48.5 Å². The number of carbonyl (C=O) groups excluding carboxylic acids is 2. The number of para-hydroxylation sites is 1. The van der Waals surface area contributed by atoms with Crippen LogP contribution in [0.4, 0.5) is 4.79 Å². The van der Waals surface area contributed by atoms with Gasteiger partial charge in [-0.25, -0.2) is 9.78 Å². The van der Waals surface area contributed by atoms with Crippen molar-refractivity contribution in [1.82, 2.24) is 15.2 Å². The van der Waals surface area contributed by atoms with Crippen LogP contribution < -0.4 is 5.32 Å². The zero-order chi connectivity index (χ0) is 25.7. The fourth-order valence-electron chi connectivity index (χ4n) is 4.90. The molecule has 1 saturated carbocycles. The summed E-state index contributed by atoms with van der Waals surface area (Å²) in [5, 5.41) is 3.72. The predicted octanol–water partition coefficient (Wildman–Crippen LogP) is 6.30. The molecule has 0 saturated heterocycles. The van der Waals surface area contributed by atoms with Crippen LogP contribution >= 0.6 is 0 Å². The summed E-state index contributed by atoms with van der Waals surface area (Å²) in [4.78, 5) is 32.2. The van der Waals surface area contributed by atoms with Crippen molar-refractivity contribution in [2.75, 3.05) is 20.2 Å². The van der Waals surface area contributed by atoms with E-state index in [0.29, 0.717) is 30.6 Å². The number of ether oxygens (including phenoxy) is 1. The van der Waals surface area contributed by atoms with E-state index in [1.807, 2.05) is 93.4 Å². The molecular weight excluding hydrogens is 450 g/mol. The number of hydrogen-bond donors (Lipinski definition) is 1. The molecular formula is C30H37N3O3. The molecule has 190 valence electrons. The Hall–Kier alpha value is -3.41. The molecule has 0 aliphatic heterocycles. The fraction of sp³-hybridized carbons (Fsp3) is 0.433. The van der Waals surface area contributed by atoms with E-state index in [1.54, 1.807) is 0 Å². The number of pyridine rings is 1. The SMILES string of the molecule is CN(CC1CCC(COC(=O)NC(C)(C)C)CC1)C(=O)c1cc(-c2ccccc2)nc2ccccc12. The molecule has 36 heavy (non-hydrogen) atoms. The molecule has 0 bridgehead atoms. The lowest BCUT2D eigenvalue weighted by Crippen LogP contribution is -2.41. The van der Waals surface area contributed by atoms with Gasteiger partial charge in [0.2, 0.25) is 0 Å². The third kappa shape index (κ3) is 6.62. The number of hydrogen-bond acceptors (Lipinski definition) is 4. The molecule has 6 nitrogen and oxygen atoms in total. The number of amides is 2. The zero-order valence-electron chi connectivity index (χ0n) is 21.8. The third-order valence-corrected chi connectivity index (χ3v) is 6.79. The van der Waals surface area contributed by atoms with Gasteiger partial charge in [0.05, 0.1) is 23.4 Å². The second-order valence-electron chi connectivity index (χ2n) is 11.0. The van der Waals surface area contributed by atoms with Crippen LogP contribution in [0.1, 0.15) is 56.8 Å². The van der Waals surface area contributed by atoms with E-state index in [4.69, 9.17) is 9.72 Å². The van der Waals surface area contributed by atoms with Gasteiger partial charge in [-0.3, -0.25) is 4.79 Å². The summed E-state index contributed by atoms with van der Waals surface area (Å²) in [5.41, 5.74) is 3.02. The van der Waals surface area contributed by atoms with Crippen molar-refractivity contribution < 1.29 is 14.3 Å². The molecule has 1 aliphatic carbocycles. The first-order valence-electron chi connectivity index (χ1n) is 12.9. The molecule has 1 aromatic heterocycles. The van der Waals surface area contributed by atoms with Crippen molar-refractivity contribution in [2.24, 2.45) is 11.8 Å². The minimum Gasteiger partial charge on any atom is -0.449 e. The Bertz CT molecular complexity index is 1200. The Morgan fingerprint density at radius 3 is 2.31 bits per heavy atom. The molecule has 2 amide bonds. The van der Waals surface area contributed by atoms with Crippen LogP contribution in [0.3, 0.4) is 0 Å². The summed E-state index contributed by atoms with van der Waals surface area (Å²) in [7, 11) is 1.89. The zero-order valence-corrected chi connectivity index (χ0v) is 21.8. The minimum atomic E-state index is -0.352. The Morgan fingerprint density at radius 1 is 0.972 bits per heavy atom. The monoisotopic (exact) mass is 487 g/mol. The molecule has 2 aromatic carbocycles. The van der Waals surface area contributed by atoms with E-state index in [1.165, 1.54) is 0 Å². The number of nitrogens with zero attached hydrogens (tertiary/aromatic N) is 2. The molecule has 1 N–H and O–H groups in total. The van der Waals surface area contributed by atoms with Crippen LogP contribution in [0.15, 0.2) is 60.7 Å². The topological polar surface area (TPSA) is 71.5 Å². The summed E-state index contributed by atoms with van der Waals surface area (Å²) >= 11 is 0. The molecule has 4 rings (SSSR count). The van der Waals surface area contributed by atoms with Crippen molar-refractivity contribution in [1.29, 1.82) is 0 Å². The second kappa shape index (κ2) is 11.1. The first kappa shape index (κ1) is 25.7. The number of alkyl carbamates (subject to hydrolysis) is 1. The maximum atomic E-state index is 13.6. The standard InChI is InChI=1S/C30H37N3O3/c1-30(2,3)32-29(35)36-20-22-16-14-21(15-17-22)19-33(4)28(34)25-18-27(23-10-6-5-7-11-23)31-26-13-9-8-12-24(25)26/h5-13,18,21-22H,14-17,19-20H2,1-4H3,(H,32,35).